The van der Waals surface area contributed by atoms with Crippen molar-refractivity contribution >= 4 is 23.3 Å². The van der Waals surface area contributed by atoms with Gasteiger partial charge in [-0.15, -0.1) is 0 Å². The monoisotopic (exact) mass is 373 g/mol. The first kappa shape index (κ1) is 18.5. The Morgan fingerprint density at radius 2 is 1.88 bits per heavy atom. The van der Waals surface area contributed by atoms with Crippen molar-refractivity contribution in [1.82, 2.24) is 9.88 Å². The summed E-state index contributed by atoms with van der Waals surface area (Å²) in [7, 11) is 0. The Kier molecular flexibility index (Phi) is 5.37. The number of aryl methyl sites for hydroxylation is 1. The summed E-state index contributed by atoms with van der Waals surface area (Å²) in [4.78, 5) is 21.4. The third-order valence-electron chi connectivity index (χ3n) is 4.56. The van der Waals surface area contributed by atoms with Gasteiger partial charge in [0.25, 0.3) is 5.91 Å². The number of pyridine rings is 1. The molecule has 3 rings (SSSR count). The topological polar surface area (TPSA) is 45.7 Å². The highest BCUT2D eigenvalue weighted by atomic mass is 35.5. The van der Waals surface area contributed by atoms with E-state index in [1.165, 1.54) is 0 Å². The highest BCUT2D eigenvalue weighted by Crippen LogP contribution is 2.26. The van der Waals surface area contributed by atoms with Crippen LogP contribution in [0.3, 0.4) is 0 Å². The SMILES string of the molecule is Cc1cc(OC(C)(C)C(=O)N2CCN(c3ccccn3)CC2)ccc1Cl. The van der Waals surface area contributed by atoms with Gasteiger partial charge in [0.1, 0.15) is 11.6 Å². The van der Waals surface area contributed by atoms with Crippen LogP contribution in [0.4, 0.5) is 5.82 Å². The summed E-state index contributed by atoms with van der Waals surface area (Å²) in [6.45, 7) is 8.37. The highest BCUT2D eigenvalue weighted by Gasteiger charge is 2.35. The van der Waals surface area contributed by atoms with E-state index in [0.29, 0.717) is 23.9 Å². The molecular weight excluding hydrogens is 350 g/mol. The quantitative estimate of drug-likeness (QED) is 0.822. The zero-order valence-electron chi connectivity index (χ0n) is 15.4. The van der Waals surface area contributed by atoms with Crippen molar-refractivity contribution in [1.29, 1.82) is 0 Å². The van der Waals surface area contributed by atoms with E-state index < -0.39 is 5.60 Å². The first-order valence-corrected chi connectivity index (χ1v) is 9.15. The lowest BCUT2D eigenvalue weighted by molar-refractivity contribution is -0.145. The van der Waals surface area contributed by atoms with Crippen LogP contribution in [-0.2, 0) is 4.79 Å². The minimum Gasteiger partial charge on any atom is -0.478 e. The van der Waals surface area contributed by atoms with Crippen LogP contribution in [0.2, 0.25) is 5.02 Å². The van der Waals surface area contributed by atoms with Gasteiger partial charge in [0, 0.05) is 37.4 Å². The molecule has 2 heterocycles. The van der Waals surface area contributed by atoms with Crippen molar-refractivity contribution in [2.24, 2.45) is 0 Å². The van der Waals surface area contributed by atoms with Crippen LogP contribution in [0, 0.1) is 6.92 Å². The fraction of sp³-hybridized carbons (Fsp3) is 0.400. The van der Waals surface area contributed by atoms with E-state index in [4.69, 9.17) is 16.3 Å². The summed E-state index contributed by atoms with van der Waals surface area (Å²) in [5, 5.41) is 0.687. The average molecular weight is 374 g/mol. The molecule has 0 atom stereocenters. The fourth-order valence-electron chi connectivity index (χ4n) is 3.08. The van der Waals surface area contributed by atoms with Crippen molar-refractivity contribution in [2.75, 3.05) is 31.1 Å². The predicted molar refractivity (Wildman–Crippen MR) is 104 cm³/mol. The largest absolute Gasteiger partial charge is 0.478 e. The molecule has 0 radical (unpaired) electrons. The van der Waals surface area contributed by atoms with Gasteiger partial charge in [0.15, 0.2) is 5.60 Å². The number of piperazine rings is 1. The first-order valence-electron chi connectivity index (χ1n) is 8.77. The Hall–Kier alpha value is -2.27. The van der Waals surface area contributed by atoms with E-state index in [9.17, 15) is 4.79 Å². The molecule has 1 aliphatic rings. The zero-order chi connectivity index (χ0) is 18.7. The summed E-state index contributed by atoms with van der Waals surface area (Å²) in [6, 6.07) is 11.3. The summed E-state index contributed by atoms with van der Waals surface area (Å²) < 4.78 is 5.99. The second kappa shape index (κ2) is 7.54. The molecule has 0 bridgehead atoms. The first-order chi connectivity index (χ1) is 12.4. The van der Waals surface area contributed by atoms with Gasteiger partial charge in [-0.3, -0.25) is 4.79 Å². The van der Waals surface area contributed by atoms with Crippen LogP contribution in [0.25, 0.3) is 0 Å². The number of nitrogens with zero attached hydrogens (tertiary/aromatic N) is 3. The predicted octanol–water partition coefficient (Wildman–Crippen LogP) is 3.55. The zero-order valence-corrected chi connectivity index (χ0v) is 16.2. The van der Waals surface area contributed by atoms with Crippen LogP contribution in [0.1, 0.15) is 19.4 Å². The summed E-state index contributed by atoms with van der Waals surface area (Å²) in [6.07, 6.45) is 1.79. The van der Waals surface area contributed by atoms with Crippen molar-refractivity contribution in [3.05, 3.63) is 53.2 Å². The number of benzene rings is 1. The van der Waals surface area contributed by atoms with Gasteiger partial charge in [0.2, 0.25) is 0 Å². The van der Waals surface area contributed by atoms with Gasteiger partial charge < -0.3 is 14.5 Å². The van der Waals surface area contributed by atoms with Crippen LogP contribution in [0.15, 0.2) is 42.6 Å². The molecule has 1 aromatic carbocycles. The number of carbonyl (C=O) groups excluding carboxylic acids is 1. The average Bonchev–Trinajstić information content (AvgIpc) is 2.65. The number of rotatable bonds is 4. The smallest absolute Gasteiger partial charge is 0.266 e. The van der Waals surface area contributed by atoms with E-state index in [1.807, 2.05) is 49.9 Å². The van der Waals surface area contributed by atoms with Crippen molar-refractivity contribution in [3.8, 4) is 5.75 Å². The number of aromatic nitrogens is 1. The molecule has 0 aliphatic carbocycles. The third-order valence-corrected chi connectivity index (χ3v) is 4.98. The van der Waals surface area contributed by atoms with Crippen LogP contribution in [-0.4, -0.2) is 47.6 Å². The normalized spacial score (nSPS) is 15.1. The van der Waals surface area contributed by atoms with Crippen LogP contribution >= 0.6 is 11.6 Å². The molecule has 0 N–H and O–H groups in total. The van der Waals surface area contributed by atoms with Gasteiger partial charge >= 0.3 is 0 Å². The maximum Gasteiger partial charge on any atom is 0.266 e. The molecule has 0 spiro atoms. The number of halogens is 1. The number of hydrogen-bond acceptors (Lipinski definition) is 4. The molecule has 1 aromatic heterocycles. The fourth-order valence-corrected chi connectivity index (χ4v) is 3.20. The van der Waals surface area contributed by atoms with Crippen LogP contribution in [0.5, 0.6) is 5.75 Å². The molecule has 0 saturated carbocycles. The summed E-state index contributed by atoms with van der Waals surface area (Å²) >= 11 is 6.06. The molecule has 1 aliphatic heterocycles. The number of ether oxygens (including phenoxy) is 1. The maximum atomic E-state index is 13.0. The highest BCUT2D eigenvalue weighted by molar-refractivity contribution is 6.31. The van der Waals surface area contributed by atoms with Crippen molar-refractivity contribution in [2.45, 2.75) is 26.4 Å². The molecule has 0 unspecified atom stereocenters. The lowest BCUT2D eigenvalue weighted by atomic mass is 10.1. The molecule has 26 heavy (non-hydrogen) atoms. The molecule has 5 nitrogen and oxygen atoms in total. The van der Waals surface area contributed by atoms with Gasteiger partial charge in [-0.25, -0.2) is 4.98 Å². The van der Waals surface area contributed by atoms with Gasteiger partial charge in [0.05, 0.1) is 0 Å². The van der Waals surface area contributed by atoms with E-state index in [0.717, 1.165) is 24.5 Å². The van der Waals surface area contributed by atoms with Crippen molar-refractivity contribution < 1.29 is 9.53 Å². The number of anilines is 1. The Balaban J connectivity index is 1.62. The van der Waals surface area contributed by atoms with Crippen LogP contribution < -0.4 is 9.64 Å². The van der Waals surface area contributed by atoms with E-state index >= 15 is 0 Å². The number of amides is 1. The lowest BCUT2D eigenvalue weighted by Crippen LogP contribution is -2.56. The van der Waals surface area contributed by atoms with Gasteiger partial charge in [-0.1, -0.05) is 17.7 Å². The minimum atomic E-state index is -0.937. The van der Waals surface area contributed by atoms with Gasteiger partial charge in [-0.05, 0) is 56.7 Å². The third kappa shape index (κ3) is 4.10. The second-order valence-electron chi connectivity index (χ2n) is 6.99. The standard InChI is InChI=1S/C20H24ClN3O2/c1-15-14-16(7-8-17(15)21)26-20(2,3)19(25)24-12-10-23(11-13-24)18-6-4-5-9-22-18/h4-9,14H,10-13H2,1-3H3. The van der Waals surface area contributed by atoms with Gasteiger partial charge in [-0.2, -0.15) is 0 Å². The minimum absolute atomic E-state index is 0.00854. The maximum absolute atomic E-state index is 13.0. The number of carbonyl (C=O) groups is 1. The second-order valence-corrected chi connectivity index (χ2v) is 7.40. The Labute approximate surface area is 159 Å². The molecule has 1 amide bonds. The Morgan fingerprint density at radius 3 is 2.50 bits per heavy atom. The van der Waals surface area contributed by atoms with E-state index in [2.05, 4.69) is 9.88 Å². The summed E-state index contributed by atoms with van der Waals surface area (Å²) in [5.41, 5.74) is -0.00985. The summed E-state index contributed by atoms with van der Waals surface area (Å²) in [5.74, 6) is 1.59. The molecule has 138 valence electrons. The Morgan fingerprint density at radius 1 is 1.15 bits per heavy atom. The van der Waals surface area contributed by atoms with E-state index in [1.54, 1.807) is 18.3 Å². The lowest BCUT2D eigenvalue weighted by Gasteiger charge is -2.39. The van der Waals surface area contributed by atoms with Crippen molar-refractivity contribution in [3.63, 3.8) is 0 Å². The van der Waals surface area contributed by atoms with E-state index in [-0.39, 0.29) is 5.91 Å². The molecule has 2 aromatic rings. The molecule has 1 fully saturated rings. The number of hydrogen-bond donors (Lipinski definition) is 0. The molecular formula is C20H24ClN3O2. The molecule has 6 heteroatoms. The Bertz CT molecular complexity index is 772. The molecule has 1 saturated heterocycles.